The highest BCUT2D eigenvalue weighted by molar-refractivity contribution is 6.69. The van der Waals surface area contributed by atoms with Crippen molar-refractivity contribution in [1.29, 1.82) is 0 Å². The minimum atomic E-state index is -2.24. The number of methoxy groups -OCH3 is 2. The molecule has 2 N–H and O–H groups in total. The van der Waals surface area contributed by atoms with E-state index in [9.17, 15) is 28.8 Å². The molecule has 1 aliphatic heterocycles. The number of likely N-dealkylation sites (N-methyl/N-ethyl adjacent to an activating group) is 1. The average molecular weight is 844 g/mol. The molecule has 11 nitrogen and oxygen atoms in total. The minimum absolute atomic E-state index is 0.00687. The molecular formula is C47H81N3O8Si. The summed E-state index contributed by atoms with van der Waals surface area (Å²) >= 11 is 0. The van der Waals surface area contributed by atoms with Crippen molar-refractivity contribution >= 4 is 37.6 Å². The molecule has 336 valence electrons. The smallest absolute Gasteiger partial charge is 0.226 e. The maximum absolute atomic E-state index is 14.4. The van der Waals surface area contributed by atoms with E-state index in [1.807, 2.05) is 76.0 Å². The van der Waals surface area contributed by atoms with Crippen LogP contribution in [-0.2, 0) is 39.9 Å². The molecule has 1 unspecified atom stereocenters. The first kappa shape index (κ1) is 52.2. The van der Waals surface area contributed by atoms with E-state index in [0.29, 0.717) is 38.4 Å². The topological polar surface area (TPSA) is 143 Å². The van der Waals surface area contributed by atoms with E-state index in [2.05, 4.69) is 33.0 Å². The molecule has 0 radical (unpaired) electrons. The van der Waals surface area contributed by atoms with Crippen molar-refractivity contribution in [1.82, 2.24) is 15.1 Å². The Hall–Kier alpha value is -2.93. The second-order valence-electron chi connectivity index (χ2n) is 18.6. The van der Waals surface area contributed by atoms with Gasteiger partial charge in [0.15, 0.2) is 8.32 Å². The highest BCUT2D eigenvalue weighted by Gasteiger charge is 2.43. The van der Waals surface area contributed by atoms with E-state index >= 15 is 0 Å². The van der Waals surface area contributed by atoms with Crippen molar-refractivity contribution in [2.45, 2.75) is 157 Å². The van der Waals surface area contributed by atoms with Crippen LogP contribution in [0.1, 0.15) is 112 Å². The van der Waals surface area contributed by atoms with Crippen LogP contribution in [0, 0.1) is 41.4 Å². The number of carbonyl (C=O) groups excluding carboxylic acids is 5. The highest BCUT2D eigenvalue weighted by atomic mass is 28.4. The molecule has 3 amide bonds. The van der Waals surface area contributed by atoms with Crippen LogP contribution in [0.3, 0.4) is 0 Å². The van der Waals surface area contributed by atoms with Crippen molar-refractivity contribution in [2.24, 2.45) is 41.4 Å². The van der Waals surface area contributed by atoms with E-state index in [-0.39, 0.29) is 78.3 Å². The first-order valence-electron chi connectivity index (χ1n) is 22.4. The van der Waals surface area contributed by atoms with Crippen LogP contribution in [0.25, 0.3) is 0 Å². The fraction of sp³-hybridized carbons (Fsp3) is 0.766. The Morgan fingerprint density at radius 3 is 2.03 bits per heavy atom. The van der Waals surface area contributed by atoms with Gasteiger partial charge in [0.1, 0.15) is 11.6 Å². The monoisotopic (exact) mass is 844 g/mol. The number of hydrogen-bond acceptors (Lipinski definition) is 8. The van der Waals surface area contributed by atoms with Gasteiger partial charge in [-0.25, -0.2) is 0 Å². The summed E-state index contributed by atoms with van der Waals surface area (Å²) in [5, 5.41) is 3.01. The number of carbonyl (C=O) groups is 5. The van der Waals surface area contributed by atoms with Crippen LogP contribution in [-0.4, -0.2) is 111 Å². The van der Waals surface area contributed by atoms with Crippen LogP contribution >= 0.6 is 0 Å². The second kappa shape index (κ2) is 25.1. The van der Waals surface area contributed by atoms with Crippen molar-refractivity contribution in [3.63, 3.8) is 0 Å². The lowest BCUT2D eigenvalue weighted by Gasteiger charge is -2.41. The summed E-state index contributed by atoms with van der Waals surface area (Å²) in [4.78, 5) is 83.5. The van der Waals surface area contributed by atoms with Gasteiger partial charge in [-0.15, -0.1) is 0 Å². The molecule has 9 atom stereocenters. The zero-order valence-corrected chi connectivity index (χ0v) is 39.9. The number of ketones is 2. The first-order chi connectivity index (χ1) is 27.7. The van der Waals surface area contributed by atoms with Crippen molar-refractivity contribution in [3.05, 3.63) is 35.9 Å². The van der Waals surface area contributed by atoms with Crippen molar-refractivity contribution in [3.8, 4) is 0 Å². The van der Waals surface area contributed by atoms with Gasteiger partial charge in [0, 0.05) is 70.9 Å². The van der Waals surface area contributed by atoms with Gasteiger partial charge in [0.25, 0.3) is 0 Å². The fourth-order valence-electron chi connectivity index (χ4n) is 9.11. The SMILES string of the molecule is CC[C@@H](C)C([C@H](CC(=O)N1CCC[C@@H]1[C@@H](OC)[C@H](C)C(=O)C[C@H](Cc1ccccc1)C(=O)NCCC[Si](C)(C)O)OC)N(C)C(=O)[C@H](CC(=O)[C@H](CC)C(C)C)C(C)C. The largest absolute Gasteiger partial charge is 0.432 e. The zero-order chi connectivity index (χ0) is 44.6. The Bertz CT molecular complexity index is 1470. The first-order valence-corrected chi connectivity index (χ1v) is 25.6. The van der Waals surface area contributed by atoms with Gasteiger partial charge in [0.2, 0.25) is 17.7 Å². The van der Waals surface area contributed by atoms with E-state index in [1.165, 1.54) is 0 Å². The molecule has 1 aliphatic rings. The number of rotatable bonds is 27. The van der Waals surface area contributed by atoms with Crippen LogP contribution in [0.2, 0.25) is 19.1 Å². The zero-order valence-electron chi connectivity index (χ0n) is 38.9. The molecule has 59 heavy (non-hydrogen) atoms. The van der Waals surface area contributed by atoms with Gasteiger partial charge in [0.05, 0.1) is 30.7 Å². The summed E-state index contributed by atoms with van der Waals surface area (Å²) in [6.45, 7) is 20.8. The van der Waals surface area contributed by atoms with Gasteiger partial charge in [-0.2, -0.15) is 0 Å². The minimum Gasteiger partial charge on any atom is -0.432 e. The Balaban J connectivity index is 2.28. The molecule has 1 aromatic carbocycles. The van der Waals surface area contributed by atoms with E-state index in [0.717, 1.165) is 24.8 Å². The van der Waals surface area contributed by atoms with Crippen LogP contribution < -0.4 is 5.32 Å². The Morgan fingerprint density at radius 1 is 0.881 bits per heavy atom. The lowest BCUT2D eigenvalue weighted by molar-refractivity contribution is -0.149. The van der Waals surface area contributed by atoms with E-state index in [4.69, 9.17) is 9.47 Å². The van der Waals surface area contributed by atoms with Gasteiger partial charge >= 0.3 is 0 Å². The molecule has 0 saturated carbocycles. The van der Waals surface area contributed by atoms with Crippen LogP contribution in [0.4, 0.5) is 0 Å². The fourth-order valence-corrected chi connectivity index (χ4v) is 10.2. The van der Waals surface area contributed by atoms with Gasteiger partial charge in [-0.1, -0.05) is 92.1 Å². The second-order valence-corrected chi connectivity index (χ2v) is 22.8. The number of Topliss-reactive ketones (excluding diaryl/α,β-unsaturated/α-hetero) is 2. The third kappa shape index (κ3) is 15.8. The maximum atomic E-state index is 14.4. The number of likely N-dealkylation sites (tertiary alicyclic amines) is 1. The molecule has 0 bridgehead atoms. The number of amides is 3. The Labute approximate surface area is 358 Å². The normalized spacial score (nSPS) is 18.8. The lowest BCUT2D eigenvalue weighted by Crippen LogP contribution is -2.54. The number of nitrogens with one attached hydrogen (secondary N) is 1. The van der Waals surface area contributed by atoms with E-state index in [1.54, 1.807) is 26.2 Å². The average Bonchev–Trinajstić information content (AvgIpc) is 3.67. The molecule has 1 saturated heterocycles. The summed E-state index contributed by atoms with van der Waals surface area (Å²) in [6, 6.07) is 9.60. The summed E-state index contributed by atoms with van der Waals surface area (Å²) < 4.78 is 12.1. The Kier molecular flexibility index (Phi) is 22.2. The quantitative estimate of drug-likeness (QED) is 0.0693. The third-order valence-corrected chi connectivity index (χ3v) is 14.5. The molecule has 0 spiro atoms. The molecule has 2 rings (SSSR count). The van der Waals surface area contributed by atoms with Gasteiger partial charge < -0.3 is 29.4 Å². The summed E-state index contributed by atoms with van der Waals surface area (Å²) in [7, 11) is 2.71. The molecule has 1 fully saturated rings. The summed E-state index contributed by atoms with van der Waals surface area (Å²) in [5.41, 5.74) is 0.966. The molecule has 12 heteroatoms. The van der Waals surface area contributed by atoms with Crippen LogP contribution in [0.5, 0.6) is 0 Å². The van der Waals surface area contributed by atoms with Crippen molar-refractivity contribution < 1.29 is 38.2 Å². The molecular weight excluding hydrogens is 763 g/mol. The number of ether oxygens (including phenoxy) is 2. The molecule has 0 aliphatic carbocycles. The van der Waals surface area contributed by atoms with Gasteiger partial charge in [-0.3, -0.25) is 24.0 Å². The van der Waals surface area contributed by atoms with Crippen LogP contribution in [0.15, 0.2) is 30.3 Å². The summed E-state index contributed by atoms with van der Waals surface area (Å²) in [5.74, 6) is -1.97. The Morgan fingerprint density at radius 2 is 1.51 bits per heavy atom. The number of nitrogens with zero attached hydrogens (tertiary/aromatic N) is 2. The number of hydrogen-bond donors (Lipinski definition) is 2. The van der Waals surface area contributed by atoms with Crippen molar-refractivity contribution in [2.75, 3.05) is 34.4 Å². The van der Waals surface area contributed by atoms with E-state index < -0.39 is 44.3 Å². The highest BCUT2D eigenvalue weighted by Crippen LogP contribution is 2.32. The predicted octanol–water partition coefficient (Wildman–Crippen LogP) is 7.34. The molecule has 1 aromatic rings. The third-order valence-electron chi connectivity index (χ3n) is 13.0. The van der Waals surface area contributed by atoms with Gasteiger partial charge in [-0.05, 0) is 74.6 Å². The molecule has 0 aromatic heterocycles. The summed E-state index contributed by atoms with van der Waals surface area (Å²) in [6.07, 6.45) is 3.10. The predicted molar refractivity (Wildman–Crippen MR) is 238 cm³/mol. The number of benzene rings is 1. The molecule has 1 heterocycles. The lowest BCUT2D eigenvalue weighted by atomic mass is 9.80. The standard InChI is InChI=1S/C47H81N3O8Si/c1-14-33(7)44(49(9)47(55)38(32(5)6)29-41(52)37(15-2)31(3)4)42(57-10)30-43(53)50-25-19-23-39(50)45(58-11)34(8)40(51)28-36(27-35-21-17-16-18-22-35)46(54)48-24-20-26-59(12,13)56/h16-18,21-22,31-34,36-39,42,44-45,56H,14-15,19-20,23-30H2,1-13H3,(H,48,54)/t33-,34-,36+,37-,38-,39-,42+,44?,45+/m1/s1. The maximum Gasteiger partial charge on any atom is 0.226 e.